The van der Waals surface area contributed by atoms with Gasteiger partial charge in [-0.25, -0.2) is 0 Å². The Hall–Kier alpha value is 0.354. The molecule has 2 nitrogen and oxygen atoms in total. The van der Waals surface area contributed by atoms with Crippen molar-refractivity contribution in [3.63, 3.8) is 0 Å². The van der Waals surface area contributed by atoms with E-state index >= 15 is 0 Å². The standard InChI is InChI=1S/C13H28N2Si2/c1-12-7-5-9-14(12)16(3)11-17(4)15-10-6-8-13(15)2/h12-13H,5-11H2,1-4H3. The molecule has 2 fully saturated rings. The van der Waals surface area contributed by atoms with Crippen molar-refractivity contribution in [2.45, 2.75) is 70.4 Å². The van der Waals surface area contributed by atoms with Gasteiger partial charge in [-0.2, -0.15) is 0 Å². The van der Waals surface area contributed by atoms with Gasteiger partial charge in [-0.1, -0.05) is 26.9 Å². The minimum atomic E-state index is -0.238. The van der Waals surface area contributed by atoms with Crippen LogP contribution in [-0.4, -0.2) is 52.2 Å². The highest BCUT2D eigenvalue weighted by Crippen LogP contribution is 2.23. The average molecular weight is 269 g/mol. The fraction of sp³-hybridized carbons (Fsp3) is 1.00. The van der Waals surface area contributed by atoms with Crippen LogP contribution in [0.4, 0.5) is 0 Å². The minimum Gasteiger partial charge on any atom is -0.322 e. The lowest BCUT2D eigenvalue weighted by atomic mass is 10.3. The fourth-order valence-corrected chi connectivity index (χ4v) is 11.0. The number of hydrogen-bond acceptors (Lipinski definition) is 2. The van der Waals surface area contributed by atoms with Crippen molar-refractivity contribution in [2.24, 2.45) is 0 Å². The molecule has 2 atom stereocenters. The molecule has 0 bridgehead atoms. The molecule has 2 radical (unpaired) electrons. The Morgan fingerprint density at radius 2 is 1.29 bits per heavy atom. The molecule has 4 heteroatoms. The largest absolute Gasteiger partial charge is 0.322 e. The summed E-state index contributed by atoms with van der Waals surface area (Å²) < 4.78 is 5.69. The lowest BCUT2D eigenvalue weighted by Gasteiger charge is -2.33. The molecule has 98 valence electrons. The molecule has 0 spiro atoms. The zero-order valence-corrected chi connectivity index (χ0v) is 14.0. The summed E-state index contributed by atoms with van der Waals surface area (Å²) in [6.45, 7) is 12.7. The summed E-state index contributed by atoms with van der Waals surface area (Å²) in [5, 5.41) is 0. The third-order valence-electron chi connectivity index (χ3n) is 4.60. The van der Waals surface area contributed by atoms with Gasteiger partial charge in [0.05, 0.1) is 0 Å². The van der Waals surface area contributed by atoms with Crippen LogP contribution >= 0.6 is 0 Å². The second-order valence-corrected chi connectivity index (χ2v) is 11.5. The van der Waals surface area contributed by atoms with Crippen molar-refractivity contribution in [1.29, 1.82) is 0 Å². The molecule has 2 heterocycles. The molecule has 2 rings (SSSR count). The summed E-state index contributed by atoms with van der Waals surface area (Å²) in [7, 11) is -0.476. The quantitative estimate of drug-likeness (QED) is 0.724. The lowest BCUT2D eigenvalue weighted by molar-refractivity contribution is 0.419. The van der Waals surface area contributed by atoms with E-state index in [0.717, 1.165) is 12.1 Å². The second-order valence-electron chi connectivity index (χ2n) is 6.02. The van der Waals surface area contributed by atoms with Crippen molar-refractivity contribution >= 4 is 17.9 Å². The summed E-state index contributed by atoms with van der Waals surface area (Å²) in [6, 6.07) is 1.75. The molecule has 0 amide bonds. The molecule has 2 aliphatic heterocycles. The lowest BCUT2D eigenvalue weighted by Crippen LogP contribution is -2.47. The van der Waals surface area contributed by atoms with E-state index in [0.29, 0.717) is 0 Å². The first-order chi connectivity index (χ1) is 8.09. The van der Waals surface area contributed by atoms with E-state index in [1.165, 1.54) is 38.8 Å². The molecular weight excluding hydrogens is 240 g/mol. The Bertz CT molecular complexity index is 226. The van der Waals surface area contributed by atoms with Gasteiger partial charge in [0.25, 0.3) is 0 Å². The molecule has 0 aliphatic carbocycles. The molecule has 0 saturated carbocycles. The Morgan fingerprint density at radius 1 is 0.882 bits per heavy atom. The van der Waals surface area contributed by atoms with Crippen LogP contribution < -0.4 is 0 Å². The van der Waals surface area contributed by atoms with Crippen molar-refractivity contribution in [2.75, 3.05) is 13.1 Å². The highest BCUT2D eigenvalue weighted by Gasteiger charge is 2.32. The third kappa shape index (κ3) is 3.22. The molecule has 0 aromatic heterocycles. The van der Waals surface area contributed by atoms with E-state index in [9.17, 15) is 0 Å². The van der Waals surface area contributed by atoms with E-state index < -0.39 is 0 Å². The SMILES string of the molecule is CC1CCCN1[Si](C)C[Si](C)N1CCCC1C. The van der Waals surface area contributed by atoms with Gasteiger partial charge < -0.3 is 9.13 Å². The Kier molecular flexibility index (Phi) is 4.86. The topological polar surface area (TPSA) is 6.48 Å². The monoisotopic (exact) mass is 268 g/mol. The van der Waals surface area contributed by atoms with Crippen molar-refractivity contribution < 1.29 is 0 Å². The highest BCUT2D eigenvalue weighted by molar-refractivity contribution is 6.73. The number of hydrogen-bond donors (Lipinski definition) is 0. The highest BCUT2D eigenvalue weighted by atomic mass is 28.3. The molecule has 0 aromatic carbocycles. The molecule has 2 unspecified atom stereocenters. The third-order valence-corrected chi connectivity index (χ3v) is 12.0. The Balaban J connectivity index is 1.83. The van der Waals surface area contributed by atoms with Crippen LogP contribution in [-0.2, 0) is 0 Å². The Morgan fingerprint density at radius 3 is 1.59 bits per heavy atom. The molecule has 17 heavy (non-hydrogen) atoms. The van der Waals surface area contributed by atoms with Crippen molar-refractivity contribution in [3.05, 3.63) is 0 Å². The predicted octanol–water partition coefficient (Wildman–Crippen LogP) is 2.74. The van der Waals surface area contributed by atoms with Crippen LogP contribution in [0, 0.1) is 0 Å². The van der Waals surface area contributed by atoms with Crippen molar-refractivity contribution in [3.8, 4) is 0 Å². The van der Waals surface area contributed by atoms with Gasteiger partial charge in [0.2, 0.25) is 0 Å². The van der Waals surface area contributed by atoms with Gasteiger partial charge in [0.15, 0.2) is 0 Å². The van der Waals surface area contributed by atoms with E-state index in [1.807, 2.05) is 0 Å². The van der Waals surface area contributed by atoms with Crippen LogP contribution in [0.15, 0.2) is 0 Å². The van der Waals surface area contributed by atoms with Gasteiger partial charge in [-0.05, 0) is 44.4 Å². The molecule has 2 saturated heterocycles. The Labute approximate surface area is 111 Å². The summed E-state index contributed by atoms with van der Waals surface area (Å²) in [4.78, 5) is 0. The molecule has 0 N–H and O–H groups in total. The van der Waals surface area contributed by atoms with Crippen LogP contribution in [0.5, 0.6) is 0 Å². The summed E-state index contributed by atoms with van der Waals surface area (Å²) in [5.74, 6) is 0. The van der Waals surface area contributed by atoms with Crippen LogP contribution in [0.3, 0.4) is 0 Å². The maximum absolute atomic E-state index is 2.85. The van der Waals surface area contributed by atoms with Crippen LogP contribution in [0.25, 0.3) is 0 Å². The number of nitrogens with zero attached hydrogens (tertiary/aromatic N) is 2. The van der Waals surface area contributed by atoms with Gasteiger partial charge in [-0.3, -0.25) is 0 Å². The predicted molar refractivity (Wildman–Crippen MR) is 78.8 cm³/mol. The second kappa shape index (κ2) is 6.00. The first-order valence-electron chi connectivity index (χ1n) is 7.27. The minimum absolute atomic E-state index is 0.238. The first-order valence-corrected chi connectivity index (χ1v) is 11.6. The maximum atomic E-state index is 2.85. The van der Waals surface area contributed by atoms with Gasteiger partial charge in [-0.15, -0.1) is 0 Å². The van der Waals surface area contributed by atoms with Crippen LogP contribution in [0.2, 0.25) is 18.8 Å². The first kappa shape index (κ1) is 13.8. The smallest absolute Gasteiger partial charge is 0.131 e. The van der Waals surface area contributed by atoms with E-state index in [2.05, 4.69) is 36.1 Å². The normalized spacial score (nSPS) is 32.1. The summed E-state index contributed by atoms with van der Waals surface area (Å²) >= 11 is 0. The summed E-state index contributed by atoms with van der Waals surface area (Å²) in [5.41, 5.74) is 1.55. The molecule has 0 aromatic rings. The van der Waals surface area contributed by atoms with Gasteiger partial charge >= 0.3 is 0 Å². The van der Waals surface area contributed by atoms with E-state index in [-0.39, 0.29) is 17.9 Å². The average Bonchev–Trinajstić information content (AvgIpc) is 2.86. The van der Waals surface area contributed by atoms with Gasteiger partial charge in [0, 0.05) is 12.1 Å². The van der Waals surface area contributed by atoms with E-state index in [4.69, 9.17) is 0 Å². The zero-order valence-electron chi connectivity index (χ0n) is 12.0. The number of rotatable bonds is 4. The molecular formula is C13H28N2Si2. The zero-order chi connectivity index (χ0) is 12.4. The molecule has 2 aliphatic rings. The van der Waals surface area contributed by atoms with E-state index in [1.54, 1.807) is 5.67 Å². The maximum Gasteiger partial charge on any atom is 0.131 e. The fourth-order valence-electron chi connectivity index (χ4n) is 3.57. The summed E-state index contributed by atoms with van der Waals surface area (Å²) in [6.07, 6.45) is 5.76. The van der Waals surface area contributed by atoms with Crippen molar-refractivity contribution in [1.82, 2.24) is 9.13 Å². The van der Waals surface area contributed by atoms with Gasteiger partial charge in [0.1, 0.15) is 17.9 Å². The van der Waals surface area contributed by atoms with Crippen LogP contribution in [0.1, 0.15) is 39.5 Å².